The average Bonchev–Trinajstić information content (AvgIpc) is 3.04. The number of H-pyrrole nitrogens is 1. The summed E-state index contributed by atoms with van der Waals surface area (Å²) in [7, 11) is 1.70. The van der Waals surface area contributed by atoms with E-state index >= 15 is 0 Å². The van der Waals surface area contributed by atoms with Crippen LogP contribution < -0.4 is 4.74 Å². The van der Waals surface area contributed by atoms with Crippen LogP contribution >= 0.6 is 0 Å². The van der Waals surface area contributed by atoms with Gasteiger partial charge in [0, 0.05) is 34.5 Å². The molecule has 2 heterocycles. The molecule has 1 N–H and O–H groups in total. The van der Waals surface area contributed by atoms with E-state index in [1.54, 1.807) is 7.11 Å². The van der Waals surface area contributed by atoms with Crippen LogP contribution in [0.4, 0.5) is 0 Å². The van der Waals surface area contributed by atoms with Crippen LogP contribution in [0.5, 0.6) is 5.75 Å². The highest BCUT2D eigenvalue weighted by Gasteiger charge is 2.12. The molecule has 0 unspecified atom stereocenters. The van der Waals surface area contributed by atoms with Crippen molar-refractivity contribution in [3.05, 3.63) is 72.6 Å². The molecular weight excluding hydrogens is 296 g/mol. The second kappa shape index (κ2) is 5.85. The van der Waals surface area contributed by atoms with Crippen molar-refractivity contribution in [1.29, 1.82) is 0 Å². The van der Waals surface area contributed by atoms with Gasteiger partial charge in [-0.2, -0.15) is 0 Å². The maximum absolute atomic E-state index is 5.51. The Morgan fingerprint density at radius 3 is 2.62 bits per heavy atom. The van der Waals surface area contributed by atoms with Gasteiger partial charge in [0.1, 0.15) is 11.4 Å². The highest BCUT2D eigenvalue weighted by molar-refractivity contribution is 5.97. The molecule has 0 fully saturated rings. The van der Waals surface area contributed by atoms with Crippen molar-refractivity contribution in [2.45, 2.75) is 6.92 Å². The molecule has 118 valence electrons. The van der Waals surface area contributed by atoms with Gasteiger partial charge in [0.2, 0.25) is 0 Å². The zero-order valence-electron chi connectivity index (χ0n) is 13.7. The molecule has 4 rings (SSSR count). The Hall–Kier alpha value is -3.07. The van der Waals surface area contributed by atoms with Crippen LogP contribution in [0.25, 0.3) is 33.3 Å². The summed E-state index contributed by atoms with van der Waals surface area (Å²) in [6, 6.07) is 18.7. The number of methoxy groups -OCH3 is 1. The van der Waals surface area contributed by atoms with Gasteiger partial charge in [0.15, 0.2) is 0 Å². The van der Waals surface area contributed by atoms with E-state index in [0.29, 0.717) is 0 Å². The Morgan fingerprint density at radius 2 is 1.79 bits per heavy atom. The Balaban J connectivity index is 1.91. The number of aromatic nitrogens is 2. The summed E-state index contributed by atoms with van der Waals surface area (Å²) >= 11 is 0. The highest BCUT2D eigenvalue weighted by Crippen LogP contribution is 2.35. The molecule has 0 saturated heterocycles. The van der Waals surface area contributed by atoms with Gasteiger partial charge in [-0.15, -0.1) is 0 Å². The first-order chi connectivity index (χ1) is 11.8. The molecule has 0 bridgehead atoms. The van der Waals surface area contributed by atoms with E-state index < -0.39 is 0 Å². The van der Waals surface area contributed by atoms with Gasteiger partial charge in [-0.25, -0.2) is 4.98 Å². The Morgan fingerprint density at radius 1 is 0.917 bits per heavy atom. The second-order valence-corrected chi connectivity index (χ2v) is 5.89. The van der Waals surface area contributed by atoms with Crippen LogP contribution in [0.15, 0.2) is 67.0 Å². The summed E-state index contributed by atoms with van der Waals surface area (Å²) in [5, 5.41) is 1.10. The first kappa shape index (κ1) is 14.5. The van der Waals surface area contributed by atoms with E-state index in [9.17, 15) is 0 Å². The van der Waals surface area contributed by atoms with Crippen LogP contribution in [0.2, 0.25) is 0 Å². The SMILES string of the molecule is COc1ccccc1-c1c[nH]c2ncc(-c3cccc(C)c3)cc12. The molecule has 0 aliphatic rings. The standard InChI is InChI=1S/C21H18N2O/c1-14-6-5-7-15(10-14)16-11-18-19(13-23-21(18)22-12-16)17-8-3-4-9-20(17)24-2/h3-13H,1-2H3,(H,22,23). The van der Waals surface area contributed by atoms with Gasteiger partial charge in [-0.05, 0) is 24.6 Å². The maximum atomic E-state index is 5.51. The van der Waals surface area contributed by atoms with Crippen molar-refractivity contribution in [3.8, 4) is 28.0 Å². The van der Waals surface area contributed by atoms with Crippen LogP contribution in [-0.4, -0.2) is 17.1 Å². The summed E-state index contributed by atoms with van der Waals surface area (Å²) in [5.74, 6) is 0.861. The number of pyridine rings is 1. The summed E-state index contributed by atoms with van der Waals surface area (Å²) in [4.78, 5) is 7.85. The van der Waals surface area contributed by atoms with E-state index in [2.05, 4.69) is 53.3 Å². The number of aryl methyl sites for hydroxylation is 1. The van der Waals surface area contributed by atoms with Crippen molar-refractivity contribution in [2.24, 2.45) is 0 Å². The van der Waals surface area contributed by atoms with E-state index in [0.717, 1.165) is 33.5 Å². The Labute approximate surface area is 140 Å². The predicted octanol–water partition coefficient (Wildman–Crippen LogP) is 5.21. The number of nitrogens with one attached hydrogen (secondary N) is 1. The molecule has 2 aromatic carbocycles. The van der Waals surface area contributed by atoms with Gasteiger partial charge in [-0.1, -0.05) is 48.0 Å². The number of hydrogen-bond acceptors (Lipinski definition) is 2. The lowest BCUT2D eigenvalue weighted by molar-refractivity contribution is 0.416. The van der Waals surface area contributed by atoms with Gasteiger partial charge in [-0.3, -0.25) is 0 Å². The molecule has 2 aromatic heterocycles. The summed E-state index contributed by atoms with van der Waals surface area (Å²) in [6.07, 6.45) is 3.91. The highest BCUT2D eigenvalue weighted by atomic mass is 16.5. The number of ether oxygens (including phenoxy) is 1. The van der Waals surface area contributed by atoms with E-state index in [1.807, 2.05) is 30.6 Å². The number of nitrogens with zero attached hydrogens (tertiary/aromatic N) is 1. The van der Waals surface area contributed by atoms with Gasteiger partial charge in [0.05, 0.1) is 7.11 Å². The number of fused-ring (bicyclic) bond motifs is 1. The minimum atomic E-state index is 0.861. The van der Waals surface area contributed by atoms with Crippen LogP contribution in [-0.2, 0) is 0 Å². The molecule has 0 aliphatic carbocycles. The van der Waals surface area contributed by atoms with Crippen molar-refractivity contribution in [1.82, 2.24) is 9.97 Å². The molecule has 0 amide bonds. The lowest BCUT2D eigenvalue weighted by Gasteiger charge is -2.08. The lowest BCUT2D eigenvalue weighted by atomic mass is 10.0. The third kappa shape index (κ3) is 2.44. The van der Waals surface area contributed by atoms with Gasteiger partial charge < -0.3 is 9.72 Å². The van der Waals surface area contributed by atoms with Gasteiger partial charge in [0.25, 0.3) is 0 Å². The molecule has 24 heavy (non-hydrogen) atoms. The normalized spacial score (nSPS) is 10.9. The van der Waals surface area contributed by atoms with E-state index in [-0.39, 0.29) is 0 Å². The molecule has 3 nitrogen and oxygen atoms in total. The third-order valence-electron chi connectivity index (χ3n) is 4.28. The van der Waals surface area contributed by atoms with Crippen LogP contribution in [0.3, 0.4) is 0 Å². The largest absolute Gasteiger partial charge is 0.496 e. The first-order valence-corrected chi connectivity index (χ1v) is 7.94. The molecule has 0 saturated carbocycles. The third-order valence-corrected chi connectivity index (χ3v) is 4.28. The fourth-order valence-electron chi connectivity index (χ4n) is 3.08. The lowest BCUT2D eigenvalue weighted by Crippen LogP contribution is -1.87. The summed E-state index contributed by atoms with van der Waals surface area (Å²) in [6.45, 7) is 2.10. The monoisotopic (exact) mass is 314 g/mol. The van der Waals surface area contributed by atoms with Crippen molar-refractivity contribution >= 4 is 11.0 Å². The number of aromatic amines is 1. The molecule has 3 heteroatoms. The Bertz CT molecular complexity index is 1020. The zero-order valence-corrected chi connectivity index (χ0v) is 13.7. The number of hydrogen-bond donors (Lipinski definition) is 1. The molecule has 0 radical (unpaired) electrons. The molecule has 0 spiro atoms. The van der Waals surface area contributed by atoms with Crippen LogP contribution in [0.1, 0.15) is 5.56 Å². The predicted molar refractivity (Wildman–Crippen MR) is 98.3 cm³/mol. The average molecular weight is 314 g/mol. The van der Waals surface area contributed by atoms with Crippen molar-refractivity contribution in [3.63, 3.8) is 0 Å². The molecule has 0 aliphatic heterocycles. The molecule has 4 aromatic rings. The fraction of sp³-hybridized carbons (Fsp3) is 0.0952. The number of para-hydroxylation sites is 1. The minimum Gasteiger partial charge on any atom is -0.496 e. The van der Waals surface area contributed by atoms with Crippen molar-refractivity contribution in [2.75, 3.05) is 7.11 Å². The topological polar surface area (TPSA) is 37.9 Å². The fourth-order valence-corrected chi connectivity index (χ4v) is 3.08. The maximum Gasteiger partial charge on any atom is 0.137 e. The van der Waals surface area contributed by atoms with E-state index in [1.165, 1.54) is 11.1 Å². The Kier molecular flexibility index (Phi) is 3.54. The molecular formula is C21H18N2O. The zero-order chi connectivity index (χ0) is 16.5. The van der Waals surface area contributed by atoms with Crippen LogP contribution in [0, 0.1) is 6.92 Å². The quantitative estimate of drug-likeness (QED) is 0.563. The first-order valence-electron chi connectivity index (χ1n) is 7.94. The molecule has 0 atom stereocenters. The smallest absolute Gasteiger partial charge is 0.137 e. The van der Waals surface area contributed by atoms with E-state index in [4.69, 9.17) is 4.74 Å². The van der Waals surface area contributed by atoms with Gasteiger partial charge >= 0.3 is 0 Å². The van der Waals surface area contributed by atoms with Crippen molar-refractivity contribution < 1.29 is 4.74 Å². The number of rotatable bonds is 3. The number of benzene rings is 2. The minimum absolute atomic E-state index is 0.861. The summed E-state index contributed by atoms with van der Waals surface area (Å²) < 4.78 is 5.51. The second-order valence-electron chi connectivity index (χ2n) is 5.89. The summed E-state index contributed by atoms with van der Waals surface area (Å²) in [5.41, 5.74) is 6.58.